The molecule has 0 saturated carbocycles. The lowest BCUT2D eigenvalue weighted by atomic mass is 9.95. The Bertz CT molecular complexity index is 1250. The van der Waals surface area contributed by atoms with Gasteiger partial charge in [-0.2, -0.15) is 5.26 Å². The summed E-state index contributed by atoms with van der Waals surface area (Å²) in [6.07, 6.45) is 2.19. The van der Waals surface area contributed by atoms with E-state index in [1.165, 1.54) is 24.3 Å². The van der Waals surface area contributed by atoms with E-state index in [1.54, 1.807) is 30.3 Å². The molecule has 0 atom stereocenters. The number of halogens is 1. The molecule has 0 aliphatic heterocycles. The Hall–Kier alpha value is -2.98. The number of benzene rings is 3. The van der Waals surface area contributed by atoms with Gasteiger partial charge >= 0.3 is 0 Å². The molecule has 0 amide bonds. The highest BCUT2D eigenvalue weighted by molar-refractivity contribution is 7.89. The van der Waals surface area contributed by atoms with Crippen LogP contribution in [0.4, 0.5) is 0 Å². The topological polar surface area (TPSA) is 87.0 Å². The number of hydrogen-bond acceptors (Lipinski definition) is 4. The Labute approximate surface area is 193 Å². The van der Waals surface area contributed by atoms with E-state index in [0.717, 1.165) is 24.0 Å². The smallest absolute Gasteiger partial charge is 0.240 e. The Morgan fingerprint density at radius 3 is 2.16 bits per heavy atom. The van der Waals surface area contributed by atoms with Crippen molar-refractivity contribution in [2.75, 3.05) is 6.54 Å². The molecule has 0 fully saturated rings. The second-order valence-corrected chi connectivity index (χ2v) is 9.61. The third-order valence-corrected chi connectivity index (χ3v) is 6.69. The maximum atomic E-state index is 13.0. The van der Waals surface area contributed by atoms with E-state index < -0.39 is 10.0 Å². The number of carbonyl (C=O) groups is 1. The molecule has 3 aromatic carbocycles. The third kappa shape index (κ3) is 6.04. The minimum atomic E-state index is -3.65. The van der Waals surface area contributed by atoms with Gasteiger partial charge in [0.2, 0.25) is 10.0 Å². The summed E-state index contributed by atoms with van der Waals surface area (Å²) in [6, 6.07) is 20.3. The summed E-state index contributed by atoms with van der Waals surface area (Å²) < 4.78 is 27.6. The van der Waals surface area contributed by atoms with E-state index in [4.69, 9.17) is 16.9 Å². The van der Waals surface area contributed by atoms with Gasteiger partial charge in [0, 0.05) is 22.7 Å². The molecular weight excluding hydrogens is 444 g/mol. The molecule has 164 valence electrons. The number of nitrogens with one attached hydrogen (secondary N) is 1. The fourth-order valence-corrected chi connectivity index (χ4v) is 4.52. The molecule has 0 bridgehead atoms. The van der Waals surface area contributed by atoms with Gasteiger partial charge in [0.15, 0.2) is 5.78 Å². The lowest BCUT2D eigenvalue weighted by Gasteiger charge is -2.11. The second kappa shape index (κ2) is 10.6. The standard InChI is InChI=1S/C25H23ClN2O3S/c1-2-3-19-14-20(12-13-28-32(30,31)24-10-8-23(26)9-11-24)16-22(15-19)25(29)21-6-4-18(17-27)5-7-21/h4-11,14-16,28H,2-3,12-13H2,1H3. The molecule has 0 aliphatic rings. The number of carbonyl (C=O) groups excluding carboxylic acids is 1. The van der Waals surface area contributed by atoms with Crippen LogP contribution in [0.3, 0.4) is 0 Å². The largest absolute Gasteiger partial charge is 0.289 e. The maximum Gasteiger partial charge on any atom is 0.240 e. The van der Waals surface area contributed by atoms with Crippen molar-refractivity contribution >= 4 is 27.4 Å². The highest BCUT2D eigenvalue weighted by atomic mass is 35.5. The Morgan fingerprint density at radius 2 is 1.56 bits per heavy atom. The molecule has 0 heterocycles. The number of aryl methyl sites for hydroxylation is 1. The highest BCUT2D eigenvalue weighted by Crippen LogP contribution is 2.18. The fourth-order valence-electron chi connectivity index (χ4n) is 3.36. The third-order valence-electron chi connectivity index (χ3n) is 4.96. The van der Waals surface area contributed by atoms with Crippen molar-refractivity contribution < 1.29 is 13.2 Å². The molecule has 0 unspecified atom stereocenters. The Morgan fingerprint density at radius 1 is 0.938 bits per heavy atom. The molecule has 0 aromatic heterocycles. The van der Waals surface area contributed by atoms with Crippen LogP contribution >= 0.6 is 11.6 Å². The van der Waals surface area contributed by atoms with Crippen molar-refractivity contribution in [1.82, 2.24) is 4.72 Å². The van der Waals surface area contributed by atoms with Crippen LogP contribution in [0.1, 0.15) is 46.0 Å². The highest BCUT2D eigenvalue weighted by Gasteiger charge is 2.15. The van der Waals surface area contributed by atoms with Crippen molar-refractivity contribution in [3.05, 3.63) is 99.6 Å². The zero-order chi connectivity index (χ0) is 23.1. The van der Waals surface area contributed by atoms with Crippen LogP contribution < -0.4 is 4.72 Å². The molecular formula is C25H23ClN2O3S. The van der Waals surface area contributed by atoms with Gasteiger partial charge in [0.05, 0.1) is 16.5 Å². The molecule has 7 heteroatoms. The molecule has 3 aromatic rings. The van der Waals surface area contributed by atoms with Crippen molar-refractivity contribution in [3.63, 3.8) is 0 Å². The SMILES string of the molecule is CCCc1cc(CCNS(=O)(=O)c2ccc(Cl)cc2)cc(C(=O)c2ccc(C#N)cc2)c1. The van der Waals surface area contributed by atoms with Crippen molar-refractivity contribution in [2.24, 2.45) is 0 Å². The van der Waals surface area contributed by atoms with E-state index in [9.17, 15) is 13.2 Å². The number of hydrogen-bond donors (Lipinski definition) is 1. The summed E-state index contributed by atoms with van der Waals surface area (Å²) in [7, 11) is -3.65. The van der Waals surface area contributed by atoms with Gasteiger partial charge in [-0.05, 0) is 84.6 Å². The number of rotatable bonds is 9. The van der Waals surface area contributed by atoms with E-state index in [1.807, 2.05) is 18.2 Å². The van der Waals surface area contributed by atoms with Crippen LogP contribution in [-0.2, 0) is 22.9 Å². The summed E-state index contributed by atoms with van der Waals surface area (Å²) in [5.41, 5.74) is 3.47. The number of ketones is 1. The average molecular weight is 467 g/mol. The summed E-state index contributed by atoms with van der Waals surface area (Å²) in [5.74, 6) is -0.129. The first kappa shape index (κ1) is 23.7. The second-order valence-electron chi connectivity index (χ2n) is 7.41. The predicted molar refractivity (Wildman–Crippen MR) is 125 cm³/mol. The van der Waals surface area contributed by atoms with E-state index in [0.29, 0.717) is 28.1 Å². The summed E-state index contributed by atoms with van der Waals surface area (Å²) >= 11 is 5.83. The first-order valence-corrected chi connectivity index (χ1v) is 12.1. The normalized spacial score (nSPS) is 11.2. The zero-order valence-electron chi connectivity index (χ0n) is 17.6. The summed E-state index contributed by atoms with van der Waals surface area (Å²) in [4.78, 5) is 13.1. The van der Waals surface area contributed by atoms with E-state index in [-0.39, 0.29) is 17.2 Å². The van der Waals surface area contributed by atoms with Crippen LogP contribution in [0.2, 0.25) is 5.02 Å². The predicted octanol–water partition coefficient (Wildman–Crippen LogP) is 4.92. The number of nitriles is 1. The van der Waals surface area contributed by atoms with Gasteiger partial charge in [-0.15, -0.1) is 0 Å². The monoisotopic (exact) mass is 466 g/mol. The minimum absolute atomic E-state index is 0.129. The van der Waals surface area contributed by atoms with Gasteiger partial charge in [-0.3, -0.25) is 4.79 Å². The number of nitrogens with zero attached hydrogens (tertiary/aromatic N) is 1. The average Bonchev–Trinajstić information content (AvgIpc) is 2.79. The first-order valence-electron chi connectivity index (χ1n) is 10.3. The molecule has 0 aliphatic carbocycles. The van der Waals surface area contributed by atoms with Gasteiger partial charge in [0.25, 0.3) is 0 Å². The van der Waals surface area contributed by atoms with E-state index >= 15 is 0 Å². The summed E-state index contributed by atoms with van der Waals surface area (Å²) in [6.45, 7) is 2.26. The van der Waals surface area contributed by atoms with Crippen LogP contribution in [0.5, 0.6) is 0 Å². The van der Waals surface area contributed by atoms with Crippen LogP contribution in [-0.4, -0.2) is 20.7 Å². The Kier molecular flexibility index (Phi) is 7.81. The van der Waals surface area contributed by atoms with E-state index in [2.05, 4.69) is 11.6 Å². The first-order chi connectivity index (χ1) is 15.3. The quantitative estimate of drug-likeness (QED) is 0.453. The molecule has 0 saturated heterocycles. The van der Waals surface area contributed by atoms with Crippen LogP contribution in [0, 0.1) is 11.3 Å². The van der Waals surface area contributed by atoms with Crippen molar-refractivity contribution in [2.45, 2.75) is 31.1 Å². The van der Waals surface area contributed by atoms with Crippen LogP contribution in [0.15, 0.2) is 71.6 Å². The van der Waals surface area contributed by atoms with Gasteiger partial charge in [0.1, 0.15) is 0 Å². The lowest BCUT2D eigenvalue weighted by molar-refractivity contribution is 0.103. The van der Waals surface area contributed by atoms with Gasteiger partial charge < -0.3 is 0 Å². The Balaban J connectivity index is 1.77. The van der Waals surface area contributed by atoms with Crippen LogP contribution in [0.25, 0.3) is 0 Å². The van der Waals surface area contributed by atoms with Gasteiger partial charge in [-0.25, -0.2) is 13.1 Å². The molecule has 0 spiro atoms. The molecule has 3 rings (SSSR count). The summed E-state index contributed by atoms with van der Waals surface area (Å²) in [5, 5.41) is 9.42. The zero-order valence-corrected chi connectivity index (χ0v) is 19.2. The van der Waals surface area contributed by atoms with Crippen molar-refractivity contribution in [3.8, 4) is 6.07 Å². The lowest BCUT2D eigenvalue weighted by Crippen LogP contribution is -2.26. The maximum absolute atomic E-state index is 13.0. The molecule has 5 nitrogen and oxygen atoms in total. The minimum Gasteiger partial charge on any atom is -0.289 e. The number of sulfonamides is 1. The molecule has 32 heavy (non-hydrogen) atoms. The van der Waals surface area contributed by atoms with Gasteiger partial charge in [-0.1, -0.05) is 31.0 Å². The fraction of sp³-hybridized carbons (Fsp3) is 0.200. The van der Waals surface area contributed by atoms with Crippen molar-refractivity contribution in [1.29, 1.82) is 5.26 Å². The molecule has 1 N–H and O–H groups in total. The molecule has 0 radical (unpaired) electrons.